The Kier molecular flexibility index (Phi) is 3.57. The summed E-state index contributed by atoms with van der Waals surface area (Å²) in [6, 6.07) is 0. The Morgan fingerprint density at radius 2 is 2.26 bits per heavy atom. The van der Waals surface area contributed by atoms with E-state index < -0.39 is 16.0 Å². The smallest absolute Gasteiger partial charge is 0.339 e. The minimum atomic E-state index is -3.37. The zero-order chi connectivity index (χ0) is 14.0. The first-order valence-electron chi connectivity index (χ1n) is 5.68. The van der Waals surface area contributed by atoms with Crippen LogP contribution in [0.4, 0.5) is 0 Å². The summed E-state index contributed by atoms with van der Waals surface area (Å²) >= 11 is 0. The van der Waals surface area contributed by atoms with Crippen molar-refractivity contribution in [1.29, 1.82) is 0 Å². The first kappa shape index (κ1) is 13.5. The van der Waals surface area contributed by atoms with Crippen LogP contribution in [0.3, 0.4) is 0 Å². The molecule has 0 unspecified atom stereocenters. The number of amidine groups is 1. The van der Waals surface area contributed by atoms with E-state index in [4.69, 9.17) is 4.74 Å². The van der Waals surface area contributed by atoms with Crippen LogP contribution in [0.5, 0.6) is 0 Å². The van der Waals surface area contributed by atoms with Crippen molar-refractivity contribution in [2.45, 2.75) is 6.92 Å². The minimum absolute atomic E-state index is 0.0606. The SMILES string of the molecule is C=C(C)COC(=O)C1=CN2CCS(=O)(=O)N=C2C=C1. The summed E-state index contributed by atoms with van der Waals surface area (Å²) in [7, 11) is -3.37. The van der Waals surface area contributed by atoms with E-state index in [1.165, 1.54) is 12.2 Å². The maximum atomic E-state index is 11.7. The molecule has 0 saturated carbocycles. The highest BCUT2D eigenvalue weighted by molar-refractivity contribution is 7.90. The monoisotopic (exact) mass is 282 g/mol. The van der Waals surface area contributed by atoms with Crippen LogP contribution in [0.25, 0.3) is 0 Å². The summed E-state index contributed by atoms with van der Waals surface area (Å²) in [5.41, 5.74) is 1.11. The second kappa shape index (κ2) is 5.00. The third-order valence-corrected chi connectivity index (χ3v) is 3.67. The van der Waals surface area contributed by atoms with Gasteiger partial charge in [0.1, 0.15) is 12.4 Å². The lowest BCUT2D eigenvalue weighted by Crippen LogP contribution is -2.37. The molecule has 0 atom stereocenters. The third-order valence-electron chi connectivity index (χ3n) is 2.51. The highest BCUT2D eigenvalue weighted by Crippen LogP contribution is 2.16. The summed E-state index contributed by atoms with van der Waals surface area (Å²) in [6.07, 6.45) is 4.54. The van der Waals surface area contributed by atoms with Gasteiger partial charge >= 0.3 is 5.97 Å². The van der Waals surface area contributed by atoms with Gasteiger partial charge in [0, 0.05) is 12.7 Å². The van der Waals surface area contributed by atoms with Gasteiger partial charge in [-0.15, -0.1) is 4.40 Å². The molecule has 0 aliphatic carbocycles. The second-order valence-electron chi connectivity index (χ2n) is 4.38. The van der Waals surface area contributed by atoms with Gasteiger partial charge in [0.25, 0.3) is 10.0 Å². The largest absolute Gasteiger partial charge is 0.458 e. The molecule has 0 aromatic heterocycles. The van der Waals surface area contributed by atoms with E-state index in [1.807, 2.05) is 0 Å². The van der Waals surface area contributed by atoms with Crippen LogP contribution in [0.2, 0.25) is 0 Å². The first-order chi connectivity index (χ1) is 8.87. The van der Waals surface area contributed by atoms with E-state index in [9.17, 15) is 13.2 Å². The van der Waals surface area contributed by atoms with Crippen molar-refractivity contribution in [1.82, 2.24) is 4.90 Å². The summed E-state index contributed by atoms with van der Waals surface area (Å²) in [6.45, 7) is 5.85. The van der Waals surface area contributed by atoms with E-state index in [0.29, 0.717) is 11.4 Å². The number of rotatable bonds is 3. The van der Waals surface area contributed by atoms with Gasteiger partial charge in [0.15, 0.2) is 0 Å². The van der Waals surface area contributed by atoms with Crippen LogP contribution in [0, 0.1) is 0 Å². The van der Waals surface area contributed by atoms with E-state index >= 15 is 0 Å². The Balaban J connectivity index is 2.13. The Labute approximate surface area is 111 Å². The molecule has 0 aromatic rings. The van der Waals surface area contributed by atoms with Crippen molar-refractivity contribution in [2.75, 3.05) is 18.9 Å². The van der Waals surface area contributed by atoms with Crippen molar-refractivity contribution in [3.8, 4) is 0 Å². The van der Waals surface area contributed by atoms with E-state index in [0.717, 1.165) is 5.57 Å². The average molecular weight is 282 g/mol. The number of hydrogen-bond acceptors (Lipinski definition) is 5. The normalized spacial score (nSPS) is 20.2. The molecule has 6 nitrogen and oxygen atoms in total. The Morgan fingerprint density at radius 3 is 2.95 bits per heavy atom. The van der Waals surface area contributed by atoms with Crippen molar-refractivity contribution >= 4 is 21.8 Å². The van der Waals surface area contributed by atoms with Crippen LogP contribution in [0.15, 0.2) is 40.5 Å². The Hall–Kier alpha value is -1.89. The molecule has 102 valence electrons. The zero-order valence-electron chi connectivity index (χ0n) is 10.5. The molecule has 2 rings (SSSR count). The van der Waals surface area contributed by atoms with Crippen LogP contribution >= 0.6 is 0 Å². The maximum Gasteiger partial charge on any atom is 0.339 e. The maximum absolute atomic E-state index is 11.7. The molecule has 2 aliphatic heterocycles. The topological polar surface area (TPSA) is 76.0 Å². The van der Waals surface area contributed by atoms with Crippen molar-refractivity contribution in [3.63, 3.8) is 0 Å². The number of carbonyl (C=O) groups excluding carboxylic acids is 1. The molecule has 0 N–H and O–H groups in total. The highest BCUT2D eigenvalue weighted by atomic mass is 32.2. The standard InChI is InChI=1S/C12H14N2O4S/c1-9(2)8-18-12(15)10-3-4-11-13-19(16,17)6-5-14(11)7-10/h3-4,7H,1,5-6,8H2,2H3. The molecular weight excluding hydrogens is 268 g/mol. The van der Waals surface area contributed by atoms with Crippen molar-refractivity contribution in [3.05, 3.63) is 36.1 Å². The van der Waals surface area contributed by atoms with Crippen LogP contribution in [-0.2, 0) is 19.6 Å². The second-order valence-corrected chi connectivity index (χ2v) is 6.13. The molecule has 0 fully saturated rings. The molecule has 0 bridgehead atoms. The molecule has 0 aromatic carbocycles. The highest BCUT2D eigenvalue weighted by Gasteiger charge is 2.25. The first-order valence-corrected chi connectivity index (χ1v) is 7.29. The lowest BCUT2D eigenvalue weighted by atomic mass is 10.2. The van der Waals surface area contributed by atoms with Crippen LogP contribution < -0.4 is 0 Å². The molecule has 0 saturated heterocycles. The third kappa shape index (κ3) is 3.31. The molecular formula is C12H14N2O4S. The Morgan fingerprint density at radius 1 is 1.53 bits per heavy atom. The number of sulfonamides is 1. The van der Waals surface area contributed by atoms with Gasteiger partial charge < -0.3 is 9.64 Å². The predicted octanol–water partition coefficient (Wildman–Crippen LogP) is 0.603. The van der Waals surface area contributed by atoms with Gasteiger partial charge in [0.2, 0.25) is 0 Å². The summed E-state index contributed by atoms with van der Waals surface area (Å²) in [5.74, 6) is -0.205. The molecule has 0 amide bonds. The molecule has 0 spiro atoms. The number of carbonyl (C=O) groups is 1. The number of nitrogens with zero attached hydrogens (tertiary/aromatic N) is 2. The van der Waals surface area contributed by atoms with Gasteiger partial charge in [-0.05, 0) is 24.6 Å². The molecule has 2 heterocycles. The number of fused-ring (bicyclic) bond motifs is 1. The van der Waals surface area contributed by atoms with Gasteiger partial charge in [-0.1, -0.05) is 6.58 Å². The van der Waals surface area contributed by atoms with Crippen molar-refractivity contribution in [2.24, 2.45) is 4.40 Å². The van der Waals surface area contributed by atoms with Gasteiger partial charge in [-0.3, -0.25) is 0 Å². The predicted molar refractivity (Wildman–Crippen MR) is 70.9 cm³/mol. The van der Waals surface area contributed by atoms with E-state index in [-0.39, 0.29) is 18.9 Å². The molecule has 2 aliphatic rings. The van der Waals surface area contributed by atoms with Crippen LogP contribution in [0.1, 0.15) is 6.92 Å². The molecule has 19 heavy (non-hydrogen) atoms. The summed E-state index contributed by atoms with van der Waals surface area (Å²) in [4.78, 5) is 13.4. The lowest BCUT2D eigenvalue weighted by Gasteiger charge is -2.26. The zero-order valence-corrected chi connectivity index (χ0v) is 11.3. The average Bonchev–Trinajstić information content (AvgIpc) is 2.34. The Bertz CT molecular complexity index is 614. The van der Waals surface area contributed by atoms with E-state index in [2.05, 4.69) is 11.0 Å². The van der Waals surface area contributed by atoms with Gasteiger partial charge in [-0.25, -0.2) is 13.2 Å². The summed E-state index contributed by atoms with van der Waals surface area (Å²) < 4.78 is 31.3. The molecule has 0 radical (unpaired) electrons. The molecule has 7 heteroatoms. The quantitative estimate of drug-likeness (QED) is 0.560. The lowest BCUT2D eigenvalue weighted by molar-refractivity contribution is -0.137. The fourth-order valence-corrected chi connectivity index (χ4v) is 2.56. The van der Waals surface area contributed by atoms with Gasteiger partial charge in [0.05, 0.1) is 11.3 Å². The fraction of sp³-hybridized carbons (Fsp3) is 0.333. The van der Waals surface area contributed by atoms with Crippen LogP contribution in [-0.4, -0.2) is 44.0 Å². The number of ether oxygens (including phenoxy) is 1. The van der Waals surface area contributed by atoms with Gasteiger partial charge in [-0.2, -0.15) is 0 Å². The summed E-state index contributed by atoms with van der Waals surface area (Å²) in [5, 5.41) is 0. The van der Waals surface area contributed by atoms with Crippen molar-refractivity contribution < 1.29 is 17.9 Å². The van der Waals surface area contributed by atoms with E-state index in [1.54, 1.807) is 18.0 Å². The number of esters is 1. The minimum Gasteiger partial charge on any atom is -0.458 e. The fourth-order valence-electron chi connectivity index (χ4n) is 1.59. The number of hydrogen-bond donors (Lipinski definition) is 0.